The fourth-order valence-corrected chi connectivity index (χ4v) is 4.05. The molecule has 2 aliphatic heterocycles. The van der Waals surface area contributed by atoms with Crippen LogP contribution in [-0.4, -0.2) is 53.9 Å². The largest absolute Gasteiger partial charge is 0.367 e. The van der Waals surface area contributed by atoms with Crippen LogP contribution in [0.4, 0.5) is 5.69 Å². The first-order valence-electron chi connectivity index (χ1n) is 8.82. The number of benzene rings is 1. The van der Waals surface area contributed by atoms with E-state index in [1.54, 1.807) is 4.90 Å². The molecule has 0 bridgehead atoms. The Labute approximate surface area is 146 Å². The van der Waals surface area contributed by atoms with E-state index in [4.69, 9.17) is 4.98 Å². The Hall–Kier alpha value is -2.63. The highest BCUT2D eigenvalue weighted by Gasteiger charge is 2.38. The highest BCUT2D eigenvalue weighted by atomic mass is 16.2. The molecule has 25 heavy (non-hydrogen) atoms. The third-order valence-corrected chi connectivity index (χ3v) is 5.28. The molecule has 0 unspecified atom stereocenters. The molecule has 0 radical (unpaired) electrons. The van der Waals surface area contributed by atoms with Gasteiger partial charge in [0.15, 0.2) is 0 Å². The summed E-state index contributed by atoms with van der Waals surface area (Å²) in [6.45, 7) is 6.78. The van der Waals surface area contributed by atoms with Gasteiger partial charge in [0.1, 0.15) is 0 Å². The molecule has 1 N–H and O–H groups in total. The van der Waals surface area contributed by atoms with E-state index >= 15 is 0 Å². The monoisotopic (exact) mass is 338 g/mol. The highest BCUT2D eigenvalue weighted by molar-refractivity contribution is 6.35. The Morgan fingerprint density at radius 3 is 2.84 bits per heavy atom. The number of aryl methyl sites for hydroxylation is 1. The van der Waals surface area contributed by atoms with Crippen LogP contribution in [0.2, 0.25) is 0 Å². The number of rotatable bonds is 2. The Morgan fingerprint density at radius 1 is 1.24 bits per heavy atom. The molecule has 6 nitrogen and oxygen atoms in total. The van der Waals surface area contributed by atoms with Crippen LogP contribution < -0.4 is 10.2 Å². The average molecular weight is 338 g/mol. The summed E-state index contributed by atoms with van der Waals surface area (Å²) in [7, 11) is 0. The van der Waals surface area contributed by atoms with Crippen LogP contribution in [0, 0.1) is 6.92 Å². The van der Waals surface area contributed by atoms with Gasteiger partial charge in [-0.05, 0) is 25.0 Å². The molecule has 3 heterocycles. The quantitative estimate of drug-likeness (QED) is 0.837. The molecule has 130 valence electrons. The summed E-state index contributed by atoms with van der Waals surface area (Å²) < 4.78 is 0. The molecular weight excluding hydrogens is 316 g/mol. The molecule has 0 spiro atoms. The minimum absolute atomic E-state index is 0.0240. The van der Waals surface area contributed by atoms with Crippen LogP contribution in [0.3, 0.4) is 0 Å². The van der Waals surface area contributed by atoms with Crippen molar-refractivity contribution in [2.24, 2.45) is 0 Å². The number of fused-ring (bicyclic) bond motifs is 2. The van der Waals surface area contributed by atoms with Gasteiger partial charge in [-0.2, -0.15) is 0 Å². The first-order chi connectivity index (χ1) is 12.1. The average Bonchev–Trinajstić information content (AvgIpc) is 2.63. The topological polar surface area (TPSA) is 65.5 Å². The number of pyridine rings is 1. The Morgan fingerprint density at radius 2 is 2.04 bits per heavy atom. The molecule has 6 heteroatoms. The second-order valence-corrected chi connectivity index (χ2v) is 6.70. The highest BCUT2D eigenvalue weighted by Crippen LogP contribution is 2.33. The summed E-state index contributed by atoms with van der Waals surface area (Å²) in [6, 6.07) is 8.25. The molecule has 2 fully saturated rings. The zero-order valence-electron chi connectivity index (χ0n) is 14.6. The van der Waals surface area contributed by atoms with Gasteiger partial charge in [0.2, 0.25) is 0 Å². The van der Waals surface area contributed by atoms with Gasteiger partial charge in [0, 0.05) is 37.3 Å². The molecule has 1 aromatic heterocycles. The minimum Gasteiger partial charge on any atom is -0.367 e. The number of hydrogen-bond acceptors (Lipinski definition) is 4. The van der Waals surface area contributed by atoms with E-state index in [2.05, 4.69) is 30.1 Å². The van der Waals surface area contributed by atoms with Gasteiger partial charge in [-0.3, -0.25) is 14.6 Å². The van der Waals surface area contributed by atoms with Gasteiger partial charge in [-0.25, -0.2) is 0 Å². The number of nitrogens with zero attached hydrogens (tertiary/aromatic N) is 3. The Kier molecular flexibility index (Phi) is 3.82. The molecular formula is C19H22N4O2. The van der Waals surface area contributed by atoms with E-state index in [0.717, 1.165) is 36.1 Å². The van der Waals surface area contributed by atoms with Gasteiger partial charge in [0.05, 0.1) is 17.2 Å². The molecule has 1 atom stereocenters. The normalized spacial score (nSPS) is 20.6. The van der Waals surface area contributed by atoms with Gasteiger partial charge in [-0.15, -0.1) is 0 Å². The number of anilines is 1. The zero-order valence-corrected chi connectivity index (χ0v) is 14.6. The maximum absolute atomic E-state index is 12.1. The van der Waals surface area contributed by atoms with Crippen molar-refractivity contribution < 1.29 is 9.59 Å². The van der Waals surface area contributed by atoms with E-state index in [-0.39, 0.29) is 6.04 Å². The smallest absolute Gasteiger partial charge is 0.312 e. The number of piperazine rings is 2. The lowest BCUT2D eigenvalue weighted by Gasteiger charge is -2.45. The lowest BCUT2D eigenvalue weighted by molar-refractivity contribution is -0.150. The SMILES string of the molecule is CCc1c(C)nc2ccccc2c1N1CCN2C(=O)C(=O)NC[C@H]2C1. The van der Waals surface area contributed by atoms with E-state index in [9.17, 15) is 9.59 Å². The van der Waals surface area contributed by atoms with E-state index in [1.807, 2.05) is 18.2 Å². The molecule has 2 saturated heterocycles. The number of carbonyl (C=O) groups excluding carboxylic acids is 2. The third kappa shape index (κ3) is 2.52. The van der Waals surface area contributed by atoms with Crippen molar-refractivity contribution in [3.8, 4) is 0 Å². The van der Waals surface area contributed by atoms with Crippen LogP contribution in [-0.2, 0) is 16.0 Å². The summed E-state index contributed by atoms with van der Waals surface area (Å²) in [5.41, 5.74) is 4.56. The van der Waals surface area contributed by atoms with Crippen LogP contribution in [0.5, 0.6) is 0 Å². The minimum atomic E-state index is -0.482. The van der Waals surface area contributed by atoms with Gasteiger partial charge in [-0.1, -0.05) is 25.1 Å². The van der Waals surface area contributed by atoms with Crippen molar-refractivity contribution in [3.63, 3.8) is 0 Å². The van der Waals surface area contributed by atoms with Gasteiger partial charge < -0.3 is 15.1 Å². The third-order valence-electron chi connectivity index (χ3n) is 5.28. The fourth-order valence-electron chi connectivity index (χ4n) is 4.05. The van der Waals surface area contributed by atoms with Gasteiger partial charge in [0.25, 0.3) is 0 Å². The van der Waals surface area contributed by atoms with Crippen LogP contribution >= 0.6 is 0 Å². The van der Waals surface area contributed by atoms with Crippen molar-refractivity contribution >= 4 is 28.4 Å². The Bertz CT molecular complexity index is 864. The van der Waals surface area contributed by atoms with E-state index < -0.39 is 11.8 Å². The first kappa shape index (κ1) is 15.9. The predicted octanol–water partition coefficient (Wildman–Crippen LogP) is 1.25. The molecule has 2 amide bonds. The first-order valence-corrected chi connectivity index (χ1v) is 8.82. The summed E-state index contributed by atoms with van der Waals surface area (Å²) in [5.74, 6) is -0.883. The second kappa shape index (κ2) is 6.02. The number of aromatic nitrogens is 1. The predicted molar refractivity (Wildman–Crippen MR) is 96.6 cm³/mol. The number of para-hydroxylation sites is 1. The molecule has 0 aliphatic carbocycles. The maximum atomic E-state index is 12.1. The van der Waals surface area contributed by atoms with Crippen molar-refractivity contribution in [3.05, 3.63) is 35.5 Å². The Balaban J connectivity index is 1.75. The van der Waals surface area contributed by atoms with Crippen molar-refractivity contribution in [2.45, 2.75) is 26.3 Å². The number of carbonyl (C=O) groups is 2. The number of hydrogen-bond donors (Lipinski definition) is 1. The summed E-state index contributed by atoms with van der Waals surface area (Å²) in [4.78, 5) is 32.5. The van der Waals surface area contributed by atoms with Crippen LogP contribution in [0.25, 0.3) is 10.9 Å². The fraction of sp³-hybridized carbons (Fsp3) is 0.421. The van der Waals surface area contributed by atoms with E-state index in [0.29, 0.717) is 13.1 Å². The second-order valence-electron chi connectivity index (χ2n) is 6.70. The van der Waals surface area contributed by atoms with Crippen LogP contribution in [0.15, 0.2) is 24.3 Å². The summed E-state index contributed by atoms with van der Waals surface area (Å²) in [6.07, 6.45) is 0.916. The lowest BCUT2D eigenvalue weighted by atomic mass is 10.0. The lowest BCUT2D eigenvalue weighted by Crippen LogP contribution is -2.65. The van der Waals surface area contributed by atoms with Crippen molar-refractivity contribution in [1.82, 2.24) is 15.2 Å². The molecule has 0 saturated carbocycles. The van der Waals surface area contributed by atoms with Crippen molar-refractivity contribution in [1.29, 1.82) is 0 Å². The zero-order chi connectivity index (χ0) is 17.6. The molecule has 2 aromatic rings. The molecule has 2 aliphatic rings. The van der Waals surface area contributed by atoms with Crippen molar-refractivity contribution in [2.75, 3.05) is 31.1 Å². The number of amides is 2. The number of nitrogens with one attached hydrogen (secondary N) is 1. The van der Waals surface area contributed by atoms with Gasteiger partial charge >= 0.3 is 11.8 Å². The van der Waals surface area contributed by atoms with E-state index in [1.165, 1.54) is 11.3 Å². The molecule has 4 rings (SSSR count). The molecule has 1 aromatic carbocycles. The van der Waals surface area contributed by atoms with Crippen LogP contribution in [0.1, 0.15) is 18.2 Å². The standard InChI is InChI=1S/C19H22N4O2/c1-3-14-12(2)21-16-7-5-4-6-15(16)17(14)22-8-9-23-13(11-22)10-20-18(24)19(23)25/h4-7,13H,3,8-11H2,1-2H3,(H,20,24)/t13-/m0/s1. The summed E-state index contributed by atoms with van der Waals surface area (Å²) >= 11 is 0. The summed E-state index contributed by atoms with van der Waals surface area (Å²) in [5, 5.41) is 3.87. The maximum Gasteiger partial charge on any atom is 0.312 e.